The van der Waals surface area contributed by atoms with Gasteiger partial charge in [0.25, 0.3) is 0 Å². The van der Waals surface area contributed by atoms with Crippen molar-refractivity contribution in [2.75, 3.05) is 6.61 Å². The molecule has 8 heteroatoms. The van der Waals surface area contributed by atoms with Gasteiger partial charge < -0.3 is 22.8 Å². The number of carbonyl (C=O) groups is 1. The third kappa shape index (κ3) is 6.86. The highest BCUT2D eigenvalue weighted by molar-refractivity contribution is 6.75. The first-order valence-corrected chi connectivity index (χ1v) is 20.8. The highest BCUT2D eigenvalue weighted by atomic mass is 28.4. The van der Waals surface area contributed by atoms with Crippen LogP contribution >= 0.6 is 0 Å². The molecule has 0 aliphatic carbocycles. The lowest BCUT2D eigenvalue weighted by atomic mass is 10.1. The molecule has 0 radical (unpaired) electrons. The number of ether oxygens (including phenoxy) is 1. The molecule has 5 nitrogen and oxygen atoms in total. The van der Waals surface area contributed by atoms with E-state index in [4.69, 9.17) is 18.0 Å². The Labute approximate surface area is 201 Å². The molecule has 1 heterocycles. The second kappa shape index (κ2) is 9.66. The third-order valence-electron chi connectivity index (χ3n) is 8.37. The Bertz CT molecular complexity index is 641. The van der Waals surface area contributed by atoms with Gasteiger partial charge in [0.1, 0.15) is 24.4 Å². The van der Waals surface area contributed by atoms with Gasteiger partial charge in [-0.3, -0.25) is 0 Å². The van der Waals surface area contributed by atoms with E-state index in [0.29, 0.717) is 6.61 Å². The largest absolute Gasteiger partial charge is 0.414 e. The molecule has 0 bridgehead atoms. The SMILES string of the molecule is CC(C)(C)[Si](C)(C)OC[C@H]1O[C@@H](C=O)[C@@H](O[Si](C)(C)C(C)(C)C)[C@@H]1O[Si](C)(C)C(C)(C)C. The van der Waals surface area contributed by atoms with Gasteiger partial charge in [0.2, 0.25) is 0 Å². The number of rotatable bonds is 8. The molecule has 0 spiro atoms. The first kappa shape index (κ1) is 30.2. The molecule has 0 unspecified atom stereocenters. The summed E-state index contributed by atoms with van der Waals surface area (Å²) in [4.78, 5) is 12.1. The van der Waals surface area contributed by atoms with Crippen LogP contribution < -0.4 is 0 Å². The molecular formula is C24H52O5Si3. The molecule has 32 heavy (non-hydrogen) atoms. The van der Waals surface area contributed by atoms with Crippen LogP contribution in [0.15, 0.2) is 0 Å². The average molecular weight is 505 g/mol. The lowest BCUT2D eigenvalue weighted by molar-refractivity contribution is -0.121. The molecular weight excluding hydrogens is 453 g/mol. The fourth-order valence-electron chi connectivity index (χ4n) is 2.82. The number of aldehydes is 1. The fourth-order valence-corrected chi connectivity index (χ4v) is 6.45. The summed E-state index contributed by atoms with van der Waals surface area (Å²) in [6, 6.07) is 0. The van der Waals surface area contributed by atoms with E-state index in [1.54, 1.807) is 0 Å². The van der Waals surface area contributed by atoms with Crippen LogP contribution in [0.4, 0.5) is 0 Å². The zero-order valence-corrected chi connectivity index (χ0v) is 26.6. The first-order chi connectivity index (χ1) is 14.0. The van der Waals surface area contributed by atoms with Gasteiger partial charge in [0.05, 0.1) is 6.61 Å². The van der Waals surface area contributed by atoms with Crippen molar-refractivity contribution < 1.29 is 22.8 Å². The van der Waals surface area contributed by atoms with Crippen LogP contribution in [0, 0.1) is 0 Å². The van der Waals surface area contributed by atoms with Gasteiger partial charge in [-0.25, -0.2) is 0 Å². The van der Waals surface area contributed by atoms with Crippen LogP contribution in [-0.2, 0) is 22.8 Å². The average Bonchev–Trinajstić information content (AvgIpc) is 2.86. The quantitative estimate of drug-likeness (QED) is 0.270. The smallest absolute Gasteiger partial charge is 0.192 e. The molecule has 0 saturated carbocycles. The second-order valence-electron chi connectivity index (χ2n) is 14.0. The Morgan fingerprint density at radius 1 is 0.688 bits per heavy atom. The highest BCUT2D eigenvalue weighted by Crippen LogP contribution is 2.44. The summed E-state index contributed by atoms with van der Waals surface area (Å²) in [5.41, 5.74) is 0. The van der Waals surface area contributed by atoms with Crippen molar-refractivity contribution in [3.05, 3.63) is 0 Å². The van der Waals surface area contributed by atoms with E-state index in [0.717, 1.165) is 6.29 Å². The number of hydrogen-bond donors (Lipinski definition) is 0. The van der Waals surface area contributed by atoms with Crippen molar-refractivity contribution in [2.24, 2.45) is 0 Å². The molecule has 1 rings (SSSR count). The number of carbonyl (C=O) groups excluding carboxylic acids is 1. The Morgan fingerprint density at radius 2 is 1.06 bits per heavy atom. The zero-order valence-electron chi connectivity index (χ0n) is 23.6. The minimum atomic E-state index is -2.15. The van der Waals surface area contributed by atoms with E-state index in [1.165, 1.54) is 0 Å². The maximum atomic E-state index is 12.1. The summed E-state index contributed by atoms with van der Waals surface area (Å²) < 4.78 is 26.5. The molecule has 1 saturated heterocycles. The number of hydrogen-bond acceptors (Lipinski definition) is 5. The van der Waals surface area contributed by atoms with Gasteiger partial charge in [0, 0.05) is 0 Å². The van der Waals surface area contributed by atoms with Crippen LogP contribution in [0.5, 0.6) is 0 Å². The molecule has 0 amide bonds. The summed E-state index contributed by atoms with van der Waals surface area (Å²) in [5.74, 6) is 0. The topological polar surface area (TPSA) is 54.0 Å². The van der Waals surface area contributed by atoms with Crippen LogP contribution in [0.25, 0.3) is 0 Å². The van der Waals surface area contributed by atoms with E-state index in [-0.39, 0.29) is 27.3 Å². The molecule has 1 fully saturated rings. The van der Waals surface area contributed by atoms with Crippen molar-refractivity contribution in [1.29, 1.82) is 0 Å². The maximum absolute atomic E-state index is 12.1. The van der Waals surface area contributed by atoms with Crippen molar-refractivity contribution in [3.63, 3.8) is 0 Å². The van der Waals surface area contributed by atoms with Crippen molar-refractivity contribution in [2.45, 2.75) is 141 Å². The lowest BCUT2D eigenvalue weighted by Crippen LogP contribution is -2.55. The molecule has 0 aromatic rings. The van der Waals surface area contributed by atoms with Gasteiger partial charge in [-0.05, 0) is 54.4 Å². The van der Waals surface area contributed by atoms with Gasteiger partial charge in [0.15, 0.2) is 31.2 Å². The normalized spacial score (nSPS) is 26.5. The minimum absolute atomic E-state index is 0.0255. The van der Waals surface area contributed by atoms with Crippen molar-refractivity contribution >= 4 is 31.2 Å². The van der Waals surface area contributed by atoms with Crippen LogP contribution in [0.2, 0.25) is 54.4 Å². The summed E-state index contributed by atoms with van der Waals surface area (Å²) >= 11 is 0. The van der Waals surface area contributed by atoms with Gasteiger partial charge >= 0.3 is 0 Å². The summed E-state index contributed by atoms with van der Waals surface area (Å²) in [6.07, 6.45) is -0.776. The lowest BCUT2D eigenvalue weighted by Gasteiger charge is -2.44. The highest BCUT2D eigenvalue weighted by Gasteiger charge is 2.54. The van der Waals surface area contributed by atoms with Gasteiger partial charge in [-0.1, -0.05) is 62.3 Å². The summed E-state index contributed by atoms with van der Waals surface area (Å²) in [6.45, 7) is 33.9. The van der Waals surface area contributed by atoms with Crippen LogP contribution in [0.1, 0.15) is 62.3 Å². The molecule has 1 aliphatic heterocycles. The zero-order chi connectivity index (χ0) is 25.6. The second-order valence-corrected chi connectivity index (χ2v) is 28.4. The predicted molar refractivity (Wildman–Crippen MR) is 142 cm³/mol. The van der Waals surface area contributed by atoms with Crippen molar-refractivity contribution in [1.82, 2.24) is 0 Å². The molecule has 1 aliphatic rings. The van der Waals surface area contributed by atoms with E-state index in [9.17, 15) is 4.79 Å². The van der Waals surface area contributed by atoms with Crippen molar-refractivity contribution in [3.8, 4) is 0 Å². The van der Waals surface area contributed by atoms with E-state index in [2.05, 4.69) is 102 Å². The van der Waals surface area contributed by atoms with Gasteiger partial charge in [-0.2, -0.15) is 0 Å². The van der Waals surface area contributed by atoms with E-state index >= 15 is 0 Å². The Morgan fingerprint density at radius 3 is 1.41 bits per heavy atom. The van der Waals surface area contributed by atoms with E-state index < -0.39 is 37.2 Å². The fraction of sp³-hybridized carbons (Fsp3) is 0.958. The summed E-state index contributed by atoms with van der Waals surface area (Å²) in [7, 11) is -6.25. The van der Waals surface area contributed by atoms with E-state index in [1.807, 2.05) is 0 Å². The Kier molecular flexibility index (Phi) is 9.12. The third-order valence-corrected chi connectivity index (χ3v) is 21.8. The molecule has 0 aromatic carbocycles. The van der Waals surface area contributed by atoms with Crippen LogP contribution in [-0.4, -0.2) is 62.3 Å². The predicted octanol–water partition coefficient (Wildman–Crippen LogP) is 6.76. The minimum Gasteiger partial charge on any atom is -0.414 e. The molecule has 190 valence electrons. The van der Waals surface area contributed by atoms with Gasteiger partial charge in [-0.15, -0.1) is 0 Å². The molecule has 4 atom stereocenters. The standard InChI is InChI=1S/C24H52O5Si3/c1-22(2,3)30(10,11)26-17-19-21(29-32(14,15)24(7,8)9)20(18(16-25)27-19)28-31(12,13)23(4,5)6/h16,18-21H,17H2,1-15H3/t18-,19+,20+,21+/m0/s1. The maximum Gasteiger partial charge on any atom is 0.192 e. The first-order valence-electron chi connectivity index (χ1n) is 12.1. The van der Waals surface area contributed by atoms with Crippen LogP contribution in [0.3, 0.4) is 0 Å². The summed E-state index contributed by atoms with van der Waals surface area (Å²) in [5, 5.41) is 0.165. The monoisotopic (exact) mass is 504 g/mol. The Hall–Kier alpha value is 0.161. The molecule has 0 N–H and O–H groups in total. The Balaban J connectivity index is 3.32. The molecule has 0 aromatic heterocycles.